The van der Waals surface area contributed by atoms with Crippen molar-refractivity contribution in [1.82, 2.24) is 10.2 Å². The first-order chi connectivity index (χ1) is 22.1. The molecule has 4 aromatic carbocycles. The third-order valence-corrected chi connectivity index (χ3v) is 10.7. The third-order valence-electron chi connectivity index (χ3n) is 8.46. The lowest BCUT2D eigenvalue weighted by molar-refractivity contribution is -0.140. The Bertz CT molecular complexity index is 1760. The highest BCUT2D eigenvalue weighted by molar-refractivity contribution is 7.92. The first-order valence-electron chi connectivity index (χ1n) is 15.6. The van der Waals surface area contributed by atoms with Crippen molar-refractivity contribution in [3.8, 4) is 0 Å². The molecular formula is C37H40ClN3O4S. The molecule has 1 aliphatic rings. The summed E-state index contributed by atoms with van der Waals surface area (Å²) < 4.78 is 29.4. The van der Waals surface area contributed by atoms with Gasteiger partial charge in [-0.2, -0.15) is 0 Å². The van der Waals surface area contributed by atoms with Gasteiger partial charge in [-0.3, -0.25) is 13.9 Å². The highest BCUT2D eigenvalue weighted by Crippen LogP contribution is 2.29. The van der Waals surface area contributed by atoms with E-state index >= 15 is 0 Å². The fourth-order valence-electron chi connectivity index (χ4n) is 5.91. The number of nitrogens with zero attached hydrogens (tertiary/aromatic N) is 2. The van der Waals surface area contributed by atoms with E-state index in [0.29, 0.717) is 5.02 Å². The Labute approximate surface area is 277 Å². The standard InChI is InChI=1S/C37H40ClN3O4S/c1-27-12-11-15-30(22-27)25-40(35(23-29-13-5-3-6-14-29)37(43)39-31-16-9-10-17-31)36(42)26-41(32-21-20-28(2)34(38)24-32)46(44,45)33-18-7-4-8-19-33/h3-8,11-15,18-22,24,31,35H,9-10,16-17,23,25-26H2,1-2H3,(H,39,43)/t35-/m0/s1. The van der Waals surface area contributed by atoms with Gasteiger partial charge in [0.2, 0.25) is 11.8 Å². The van der Waals surface area contributed by atoms with Crippen molar-refractivity contribution in [1.29, 1.82) is 0 Å². The van der Waals surface area contributed by atoms with Crippen LogP contribution in [0.2, 0.25) is 5.02 Å². The van der Waals surface area contributed by atoms with E-state index in [-0.39, 0.29) is 35.5 Å². The molecule has 0 spiro atoms. The van der Waals surface area contributed by atoms with Crippen molar-refractivity contribution in [2.45, 2.75) is 69.5 Å². The van der Waals surface area contributed by atoms with E-state index in [1.54, 1.807) is 36.4 Å². The van der Waals surface area contributed by atoms with Gasteiger partial charge in [0.25, 0.3) is 10.0 Å². The van der Waals surface area contributed by atoms with Crippen LogP contribution in [0, 0.1) is 13.8 Å². The molecule has 1 fully saturated rings. The van der Waals surface area contributed by atoms with Crippen molar-refractivity contribution >= 4 is 39.1 Å². The quantitative estimate of drug-likeness (QED) is 0.181. The first kappa shape index (κ1) is 33.2. The summed E-state index contributed by atoms with van der Waals surface area (Å²) in [6.07, 6.45) is 4.16. The number of halogens is 1. The summed E-state index contributed by atoms with van der Waals surface area (Å²) in [6, 6.07) is 29.5. The molecule has 0 saturated heterocycles. The molecule has 7 nitrogen and oxygen atoms in total. The number of hydrogen-bond acceptors (Lipinski definition) is 4. The number of carbonyl (C=O) groups excluding carboxylic acids is 2. The number of rotatable bonds is 12. The van der Waals surface area contributed by atoms with Crippen LogP contribution < -0.4 is 9.62 Å². The fraction of sp³-hybridized carbons (Fsp3) is 0.297. The predicted octanol–water partition coefficient (Wildman–Crippen LogP) is 6.85. The minimum absolute atomic E-state index is 0.0459. The maximum absolute atomic E-state index is 14.6. The molecule has 0 bridgehead atoms. The van der Waals surface area contributed by atoms with E-state index in [1.165, 1.54) is 17.0 Å². The van der Waals surface area contributed by atoms with E-state index in [1.807, 2.05) is 68.4 Å². The number of nitrogens with one attached hydrogen (secondary N) is 1. The van der Waals surface area contributed by atoms with Gasteiger partial charge in [-0.05, 0) is 67.6 Å². The summed E-state index contributed by atoms with van der Waals surface area (Å²) in [4.78, 5) is 30.3. The molecule has 46 heavy (non-hydrogen) atoms. The van der Waals surface area contributed by atoms with Crippen LogP contribution in [0.3, 0.4) is 0 Å². The van der Waals surface area contributed by atoms with Crippen LogP contribution in [-0.4, -0.2) is 43.8 Å². The smallest absolute Gasteiger partial charge is 0.264 e. The summed E-state index contributed by atoms with van der Waals surface area (Å²) in [5.74, 6) is -0.743. The van der Waals surface area contributed by atoms with Crippen molar-refractivity contribution < 1.29 is 18.0 Å². The number of hydrogen-bond donors (Lipinski definition) is 1. The Morgan fingerprint density at radius 1 is 0.848 bits per heavy atom. The van der Waals surface area contributed by atoms with Gasteiger partial charge in [-0.1, -0.05) is 109 Å². The van der Waals surface area contributed by atoms with Gasteiger partial charge in [-0.25, -0.2) is 8.42 Å². The van der Waals surface area contributed by atoms with Crippen LogP contribution in [0.4, 0.5) is 5.69 Å². The average Bonchev–Trinajstić information content (AvgIpc) is 3.56. The second kappa shape index (κ2) is 15.0. The summed E-state index contributed by atoms with van der Waals surface area (Å²) in [5.41, 5.74) is 3.80. The predicted molar refractivity (Wildman–Crippen MR) is 183 cm³/mol. The Kier molecular flexibility index (Phi) is 10.8. The van der Waals surface area contributed by atoms with E-state index in [2.05, 4.69) is 5.32 Å². The third kappa shape index (κ3) is 8.17. The number of anilines is 1. The lowest BCUT2D eigenvalue weighted by atomic mass is 10.0. The number of carbonyl (C=O) groups is 2. The highest BCUT2D eigenvalue weighted by Gasteiger charge is 2.35. The van der Waals surface area contributed by atoms with E-state index in [4.69, 9.17) is 11.6 Å². The SMILES string of the molecule is Cc1cccc(CN(C(=O)CN(c2ccc(C)c(Cl)c2)S(=O)(=O)c2ccccc2)[C@@H](Cc2ccccc2)C(=O)NC2CCCC2)c1. The molecule has 1 saturated carbocycles. The normalized spacial score (nSPS) is 14.1. The molecule has 1 atom stereocenters. The van der Waals surface area contributed by atoms with Gasteiger partial charge in [0.05, 0.1) is 10.6 Å². The molecular weight excluding hydrogens is 618 g/mol. The average molecular weight is 658 g/mol. The zero-order valence-corrected chi connectivity index (χ0v) is 27.8. The highest BCUT2D eigenvalue weighted by atomic mass is 35.5. The molecule has 4 aromatic rings. The Morgan fingerprint density at radius 3 is 2.15 bits per heavy atom. The van der Waals surface area contributed by atoms with Crippen LogP contribution in [0.15, 0.2) is 108 Å². The molecule has 1 aliphatic carbocycles. The van der Waals surface area contributed by atoms with Crippen LogP contribution in [0.25, 0.3) is 0 Å². The van der Waals surface area contributed by atoms with Crippen molar-refractivity contribution in [3.05, 3.63) is 130 Å². The zero-order valence-electron chi connectivity index (χ0n) is 26.2. The van der Waals surface area contributed by atoms with Crippen LogP contribution in [-0.2, 0) is 32.6 Å². The van der Waals surface area contributed by atoms with E-state index in [9.17, 15) is 18.0 Å². The largest absolute Gasteiger partial charge is 0.352 e. The van der Waals surface area contributed by atoms with Gasteiger partial charge in [0.1, 0.15) is 12.6 Å². The number of benzene rings is 4. The molecule has 0 aromatic heterocycles. The maximum atomic E-state index is 14.6. The van der Waals surface area contributed by atoms with Gasteiger partial charge in [-0.15, -0.1) is 0 Å². The molecule has 1 N–H and O–H groups in total. The molecule has 9 heteroatoms. The monoisotopic (exact) mass is 657 g/mol. The molecule has 2 amide bonds. The Balaban J connectivity index is 1.57. The molecule has 0 heterocycles. The number of sulfonamides is 1. The minimum atomic E-state index is -4.19. The second-order valence-electron chi connectivity index (χ2n) is 12.0. The molecule has 0 radical (unpaired) electrons. The van der Waals surface area contributed by atoms with Crippen LogP contribution >= 0.6 is 11.6 Å². The Morgan fingerprint density at radius 2 is 1.50 bits per heavy atom. The topological polar surface area (TPSA) is 86.8 Å². The van der Waals surface area contributed by atoms with Crippen LogP contribution in [0.1, 0.15) is 47.9 Å². The van der Waals surface area contributed by atoms with Gasteiger partial charge in [0, 0.05) is 24.0 Å². The van der Waals surface area contributed by atoms with Crippen LogP contribution in [0.5, 0.6) is 0 Å². The maximum Gasteiger partial charge on any atom is 0.264 e. The Hall–Kier alpha value is -4.14. The second-order valence-corrected chi connectivity index (χ2v) is 14.2. The van der Waals surface area contributed by atoms with E-state index < -0.39 is 28.5 Å². The van der Waals surface area contributed by atoms with Gasteiger partial charge >= 0.3 is 0 Å². The molecule has 5 rings (SSSR count). The zero-order chi connectivity index (χ0) is 32.7. The van der Waals surface area contributed by atoms with Crippen molar-refractivity contribution in [3.63, 3.8) is 0 Å². The van der Waals surface area contributed by atoms with Crippen molar-refractivity contribution in [2.75, 3.05) is 10.8 Å². The summed E-state index contributed by atoms with van der Waals surface area (Å²) in [5, 5.41) is 3.59. The minimum Gasteiger partial charge on any atom is -0.352 e. The van der Waals surface area contributed by atoms with E-state index in [0.717, 1.165) is 52.2 Å². The first-order valence-corrected chi connectivity index (χ1v) is 17.5. The molecule has 240 valence electrons. The number of aryl methyl sites for hydroxylation is 2. The molecule has 0 unspecified atom stereocenters. The summed E-state index contributed by atoms with van der Waals surface area (Å²) in [7, 11) is -4.19. The van der Waals surface area contributed by atoms with Gasteiger partial charge in [0.15, 0.2) is 0 Å². The number of amides is 2. The lowest BCUT2D eigenvalue weighted by Gasteiger charge is -2.34. The lowest BCUT2D eigenvalue weighted by Crippen LogP contribution is -2.54. The summed E-state index contributed by atoms with van der Waals surface area (Å²) >= 11 is 6.47. The van der Waals surface area contributed by atoms with Gasteiger partial charge < -0.3 is 10.2 Å². The van der Waals surface area contributed by atoms with Crippen molar-refractivity contribution in [2.24, 2.45) is 0 Å². The summed E-state index contributed by atoms with van der Waals surface area (Å²) in [6.45, 7) is 3.40. The molecule has 0 aliphatic heterocycles. The fourth-order valence-corrected chi connectivity index (χ4v) is 7.52.